The number of aryl methyl sites for hydroxylation is 1. The van der Waals surface area contributed by atoms with Gasteiger partial charge in [0.15, 0.2) is 6.61 Å². The first-order valence-electron chi connectivity index (χ1n) is 10.1. The van der Waals surface area contributed by atoms with Crippen LogP contribution in [0.4, 0.5) is 8.78 Å². The smallest absolute Gasteiger partial charge is 0.278 e. The van der Waals surface area contributed by atoms with Gasteiger partial charge >= 0.3 is 0 Å². The maximum absolute atomic E-state index is 13.1. The number of ether oxygens (including phenoxy) is 1. The molecule has 0 fully saturated rings. The lowest BCUT2D eigenvalue weighted by Crippen LogP contribution is -2.28. The number of pyridine rings is 2. The number of nitrogens with zero attached hydrogens (tertiary/aromatic N) is 3. The normalized spacial score (nSPS) is 14.4. The van der Waals surface area contributed by atoms with E-state index in [1.165, 1.54) is 12.4 Å². The third-order valence-corrected chi connectivity index (χ3v) is 5.13. The Bertz CT molecular complexity index is 991. The highest BCUT2D eigenvalue weighted by molar-refractivity contribution is 5.99. The van der Waals surface area contributed by atoms with Crippen molar-refractivity contribution in [2.45, 2.75) is 52.6 Å². The molecule has 0 bridgehead atoms. The summed E-state index contributed by atoms with van der Waals surface area (Å²) in [4.78, 5) is 35.3. The van der Waals surface area contributed by atoms with Gasteiger partial charge in [-0.15, -0.1) is 0 Å². The van der Waals surface area contributed by atoms with Crippen LogP contribution in [0, 0.1) is 6.92 Å². The van der Waals surface area contributed by atoms with Gasteiger partial charge < -0.3 is 15.0 Å². The van der Waals surface area contributed by atoms with Gasteiger partial charge in [0.05, 0.1) is 30.0 Å². The maximum Gasteiger partial charge on any atom is 0.278 e. The van der Waals surface area contributed by atoms with Gasteiger partial charge in [-0.05, 0) is 38.5 Å². The summed E-state index contributed by atoms with van der Waals surface area (Å²) in [5, 5.41) is 2.74. The lowest BCUT2D eigenvalue weighted by molar-refractivity contribution is -0.120. The molecule has 1 aliphatic heterocycles. The topological polar surface area (TPSA) is 84.4 Å². The zero-order chi connectivity index (χ0) is 22.8. The molecule has 0 aliphatic carbocycles. The Hall–Kier alpha value is -3.10. The second kappa shape index (κ2) is 8.95. The number of hydrogen-bond donors (Lipinski definition) is 1. The number of rotatable bonds is 8. The third-order valence-electron chi connectivity index (χ3n) is 5.13. The fourth-order valence-corrected chi connectivity index (χ4v) is 3.50. The molecule has 7 nitrogen and oxygen atoms in total. The predicted octanol–water partition coefficient (Wildman–Crippen LogP) is 3.21. The van der Waals surface area contributed by atoms with Gasteiger partial charge in [-0.1, -0.05) is 0 Å². The summed E-state index contributed by atoms with van der Waals surface area (Å²) >= 11 is 0. The quantitative estimate of drug-likeness (QED) is 0.693. The number of alkyl halides is 2. The van der Waals surface area contributed by atoms with Gasteiger partial charge in [-0.25, -0.2) is 8.78 Å². The molecule has 1 unspecified atom stereocenters. The number of halogens is 2. The molecule has 1 atom stereocenters. The van der Waals surface area contributed by atoms with Gasteiger partial charge in [-0.3, -0.25) is 19.6 Å². The summed E-state index contributed by atoms with van der Waals surface area (Å²) in [6, 6.07) is 3.03. The molecule has 31 heavy (non-hydrogen) atoms. The minimum Gasteiger partial charge on any atom is -0.485 e. The van der Waals surface area contributed by atoms with E-state index in [1.54, 1.807) is 24.0 Å². The van der Waals surface area contributed by atoms with E-state index in [0.29, 0.717) is 35.6 Å². The van der Waals surface area contributed by atoms with Crippen molar-refractivity contribution < 1.29 is 23.1 Å². The van der Waals surface area contributed by atoms with Crippen LogP contribution in [0.1, 0.15) is 59.7 Å². The van der Waals surface area contributed by atoms with Crippen molar-refractivity contribution >= 4 is 11.8 Å². The zero-order valence-corrected chi connectivity index (χ0v) is 18.0. The van der Waals surface area contributed by atoms with Crippen molar-refractivity contribution in [3.05, 3.63) is 52.6 Å². The van der Waals surface area contributed by atoms with Crippen LogP contribution in [0.5, 0.6) is 5.75 Å². The van der Waals surface area contributed by atoms with Crippen molar-refractivity contribution in [1.82, 2.24) is 20.2 Å². The summed E-state index contributed by atoms with van der Waals surface area (Å²) in [5.74, 6) is -2.96. The molecule has 1 aliphatic rings. The van der Waals surface area contributed by atoms with Crippen molar-refractivity contribution in [3.8, 4) is 5.75 Å². The second-order valence-electron chi connectivity index (χ2n) is 7.76. The maximum atomic E-state index is 13.1. The molecule has 3 heterocycles. The predicted molar refractivity (Wildman–Crippen MR) is 110 cm³/mol. The summed E-state index contributed by atoms with van der Waals surface area (Å²) in [6.45, 7) is 6.34. The largest absolute Gasteiger partial charge is 0.485 e. The number of fused-ring (bicyclic) bond motifs is 1. The molecule has 0 aromatic carbocycles. The fourth-order valence-electron chi connectivity index (χ4n) is 3.50. The lowest BCUT2D eigenvalue weighted by atomic mass is 10.1. The number of hydrogen-bond acceptors (Lipinski definition) is 5. The highest BCUT2D eigenvalue weighted by Crippen LogP contribution is 2.33. The minimum atomic E-state index is -2.94. The Kier molecular flexibility index (Phi) is 6.52. The van der Waals surface area contributed by atoms with E-state index in [2.05, 4.69) is 15.3 Å². The highest BCUT2D eigenvalue weighted by atomic mass is 19.3. The Balaban J connectivity index is 1.78. The molecule has 2 amide bonds. The first-order valence-corrected chi connectivity index (χ1v) is 10.1. The number of carbonyl (C=O) groups excluding carboxylic acids is 2. The van der Waals surface area contributed by atoms with Crippen molar-refractivity contribution in [2.24, 2.45) is 0 Å². The molecule has 1 N–H and O–H groups in total. The Labute approximate surface area is 179 Å². The van der Waals surface area contributed by atoms with E-state index < -0.39 is 12.5 Å². The molecular formula is C22H26F2N4O3. The van der Waals surface area contributed by atoms with Gasteiger partial charge in [0, 0.05) is 37.3 Å². The molecule has 0 spiro atoms. The van der Waals surface area contributed by atoms with Gasteiger partial charge in [0.2, 0.25) is 5.91 Å². The molecule has 2 aromatic rings. The van der Waals surface area contributed by atoms with Gasteiger partial charge in [0.1, 0.15) is 5.75 Å². The standard InChI is InChI=1S/C22H26F2N4O3/c1-5-25-20(29)9-18-16-11-28(21(30)15(16)6-7-26-18)14(3)17-8-13(2)19(10-27-17)31-12-22(4,23)24/h6-8,10,14H,5,9,11-12H2,1-4H3,(H,25,29). The molecule has 166 valence electrons. The van der Waals surface area contributed by atoms with Gasteiger partial charge in [0.25, 0.3) is 11.8 Å². The SMILES string of the molecule is CCNC(=O)Cc1nccc2c1CN(C(C)c1cc(C)c(OCC(C)(F)F)cn1)C2=O. The molecule has 3 rings (SSSR count). The van der Waals surface area contributed by atoms with Crippen molar-refractivity contribution in [3.63, 3.8) is 0 Å². The van der Waals surface area contributed by atoms with Crippen LogP contribution in [-0.2, 0) is 17.8 Å². The number of likely N-dealkylation sites (N-methyl/N-ethyl adjacent to an activating group) is 1. The van der Waals surface area contributed by atoms with E-state index in [9.17, 15) is 18.4 Å². The van der Waals surface area contributed by atoms with Crippen LogP contribution in [0.2, 0.25) is 0 Å². The van der Waals surface area contributed by atoms with E-state index in [1.807, 2.05) is 13.8 Å². The van der Waals surface area contributed by atoms with E-state index in [4.69, 9.17) is 4.74 Å². The van der Waals surface area contributed by atoms with Crippen LogP contribution in [0.15, 0.2) is 24.5 Å². The molecule has 2 aromatic heterocycles. The summed E-state index contributed by atoms with van der Waals surface area (Å²) in [7, 11) is 0. The van der Waals surface area contributed by atoms with Crippen LogP contribution in [0.3, 0.4) is 0 Å². The van der Waals surface area contributed by atoms with E-state index >= 15 is 0 Å². The van der Waals surface area contributed by atoms with Gasteiger partial charge in [-0.2, -0.15) is 0 Å². The lowest BCUT2D eigenvalue weighted by Gasteiger charge is -2.24. The highest BCUT2D eigenvalue weighted by Gasteiger charge is 2.34. The molecule has 0 saturated heterocycles. The number of aromatic nitrogens is 2. The van der Waals surface area contributed by atoms with Crippen LogP contribution < -0.4 is 10.1 Å². The molecule has 0 saturated carbocycles. The zero-order valence-electron chi connectivity index (χ0n) is 18.0. The molecule has 9 heteroatoms. The molecule has 0 radical (unpaired) electrons. The summed E-state index contributed by atoms with van der Waals surface area (Å²) in [6.07, 6.45) is 3.05. The summed E-state index contributed by atoms with van der Waals surface area (Å²) < 4.78 is 31.3. The average molecular weight is 432 g/mol. The average Bonchev–Trinajstić information content (AvgIpc) is 3.04. The van der Waals surface area contributed by atoms with Crippen LogP contribution in [0.25, 0.3) is 0 Å². The number of nitrogens with one attached hydrogen (secondary N) is 1. The number of amides is 2. The van der Waals surface area contributed by atoms with Crippen LogP contribution >= 0.6 is 0 Å². The minimum absolute atomic E-state index is 0.109. The Morgan fingerprint density at radius 2 is 2.13 bits per heavy atom. The molecular weight excluding hydrogens is 406 g/mol. The number of carbonyl (C=O) groups is 2. The first kappa shape index (κ1) is 22.6. The monoisotopic (exact) mass is 432 g/mol. The van der Waals surface area contributed by atoms with E-state index in [-0.39, 0.29) is 30.0 Å². The van der Waals surface area contributed by atoms with Crippen molar-refractivity contribution in [1.29, 1.82) is 0 Å². The summed E-state index contributed by atoms with van der Waals surface area (Å²) in [5.41, 5.74) is 3.13. The van der Waals surface area contributed by atoms with Crippen LogP contribution in [-0.4, -0.2) is 45.8 Å². The Morgan fingerprint density at radius 3 is 2.77 bits per heavy atom. The van der Waals surface area contributed by atoms with Crippen molar-refractivity contribution in [2.75, 3.05) is 13.2 Å². The second-order valence-corrected chi connectivity index (χ2v) is 7.76. The van der Waals surface area contributed by atoms with E-state index in [0.717, 1.165) is 12.5 Å². The third kappa shape index (κ3) is 5.15. The first-order chi connectivity index (χ1) is 14.6. The Morgan fingerprint density at radius 1 is 1.39 bits per heavy atom. The fraction of sp³-hybridized carbons (Fsp3) is 0.455.